The molecule has 2 aromatic rings. The smallest absolute Gasteiger partial charge is 0.310 e. The molecule has 3 heterocycles. The van der Waals surface area contributed by atoms with Crippen LogP contribution in [0.5, 0.6) is 0 Å². The highest BCUT2D eigenvalue weighted by atomic mass is 16.5. The Labute approximate surface area is 141 Å². The zero-order valence-electron chi connectivity index (χ0n) is 14.4. The van der Waals surface area contributed by atoms with Gasteiger partial charge in [-0.2, -0.15) is 10.1 Å². The maximum absolute atomic E-state index is 12.0. The molecule has 0 spiro atoms. The number of carbonyl (C=O) groups is 1. The van der Waals surface area contributed by atoms with E-state index in [9.17, 15) is 4.79 Å². The van der Waals surface area contributed by atoms with Gasteiger partial charge in [0.15, 0.2) is 5.82 Å². The van der Waals surface area contributed by atoms with Gasteiger partial charge in [0.05, 0.1) is 18.2 Å². The summed E-state index contributed by atoms with van der Waals surface area (Å²) in [7, 11) is 0. The van der Waals surface area contributed by atoms with Gasteiger partial charge in [0, 0.05) is 31.0 Å². The number of aromatic nitrogens is 4. The summed E-state index contributed by atoms with van der Waals surface area (Å²) in [5, 5.41) is 4.47. The van der Waals surface area contributed by atoms with Crippen molar-refractivity contribution in [3.05, 3.63) is 29.7 Å². The molecule has 2 aromatic heterocycles. The first-order valence-corrected chi connectivity index (χ1v) is 8.36. The minimum absolute atomic E-state index is 0.111. The van der Waals surface area contributed by atoms with Crippen LogP contribution in [0.25, 0.3) is 5.82 Å². The number of piperidine rings is 1. The van der Waals surface area contributed by atoms with Crippen molar-refractivity contribution in [3.8, 4) is 5.82 Å². The van der Waals surface area contributed by atoms with Crippen molar-refractivity contribution in [1.29, 1.82) is 0 Å². The minimum Gasteiger partial charge on any atom is -0.466 e. The molecule has 0 amide bonds. The summed E-state index contributed by atoms with van der Waals surface area (Å²) in [5.41, 5.74) is 1.98. The van der Waals surface area contributed by atoms with Crippen LogP contribution in [0.15, 0.2) is 18.3 Å². The van der Waals surface area contributed by atoms with E-state index in [0.29, 0.717) is 19.1 Å². The molecule has 0 saturated carbocycles. The van der Waals surface area contributed by atoms with Crippen LogP contribution in [0.4, 0.5) is 5.95 Å². The highest BCUT2D eigenvalue weighted by molar-refractivity contribution is 5.73. The molecule has 7 nitrogen and oxygen atoms in total. The third kappa shape index (κ3) is 3.39. The van der Waals surface area contributed by atoms with Gasteiger partial charge in [0.1, 0.15) is 0 Å². The zero-order chi connectivity index (χ0) is 17.1. The number of rotatable bonds is 4. The Kier molecular flexibility index (Phi) is 4.78. The van der Waals surface area contributed by atoms with Crippen molar-refractivity contribution in [2.75, 3.05) is 24.6 Å². The molecule has 0 bridgehead atoms. The Balaban J connectivity index is 1.81. The Morgan fingerprint density at radius 1 is 1.42 bits per heavy atom. The van der Waals surface area contributed by atoms with Crippen LogP contribution >= 0.6 is 0 Å². The number of nitrogens with zero attached hydrogens (tertiary/aromatic N) is 5. The van der Waals surface area contributed by atoms with Crippen molar-refractivity contribution >= 4 is 11.9 Å². The van der Waals surface area contributed by atoms with Gasteiger partial charge in [0.25, 0.3) is 0 Å². The maximum atomic E-state index is 12.0. The number of ether oxygens (including phenoxy) is 1. The molecule has 1 aliphatic heterocycles. The van der Waals surface area contributed by atoms with E-state index in [-0.39, 0.29) is 11.9 Å². The van der Waals surface area contributed by atoms with Crippen LogP contribution < -0.4 is 4.90 Å². The van der Waals surface area contributed by atoms with Crippen LogP contribution in [0, 0.1) is 19.8 Å². The number of esters is 1. The second-order valence-electron chi connectivity index (χ2n) is 6.09. The first-order valence-electron chi connectivity index (χ1n) is 8.36. The molecule has 24 heavy (non-hydrogen) atoms. The Morgan fingerprint density at radius 2 is 2.25 bits per heavy atom. The van der Waals surface area contributed by atoms with E-state index < -0.39 is 0 Å². The van der Waals surface area contributed by atoms with Gasteiger partial charge in [-0.1, -0.05) is 0 Å². The fraction of sp³-hybridized carbons (Fsp3) is 0.529. The van der Waals surface area contributed by atoms with E-state index in [1.165, 1.54) is 0 Å². The molecule has 0 radical (unpaired) electrons. The Hall–Kier alpha value is -2.44. The summed E-state index contributed by atoms with van der Waals surface area (Å²) in [6.07, 6.45) is 3.52. The number of aryl methyl sites for hydroxylation is 2. The summed E-state index contributed by atoms with van der Waals surface area (Å²) < 4.78 is 6.97. The van der Waals surface area contributed by atoms with E-state index in [4.69, 9.17) is 4.74 Å². The van der Waals surface area contributed by atoms with Gasteiger partial charge < -0.3 is 9.64 Å². The lowest BCUT2D eigenvalue weighted by molar-refractivity contribution is -0.148. The normalized spacial score (nSPS) is 17.8. The third-order valence-electron chi connectivity index (χ3n) is 4.18. The topological polar surface area (TPSA) is 73.1 Å². The van der Waals surface area contributed by atoms with E-state index >= 15 is 0 Å². The quantitative estimate of drug-likeness (QED) is 0.800. The fourth-order valence-electron chi connectivity index (χ4n) is 3.08. The molecule has 1 atom stereocenters. The Morgan fingerprint density at radius 3 is 2.96 bits per heavy atom. The summed E-state index contributed by atoms with van der Waals surface area (Å²) in [6, 6.07) is 3.86. The molecule has 7 heteroatoms. The standard InChI is InChI=1S/C17H23N5O2/c1-4-24-16(23)14-6-5-9-21(11-14)17-18-8-7-15(19-17)22-13(3)10-12(2)20-22/h7-8,10,14H,4-6,9,11H2,1-3H3/t14-/m1/s1. The molecule has 0 aromatic carbocycles. The highest BCUT2D eigenvalue weighted by Gasteiger charge is 2.28. The largest absolute Gasteiger partial charge is 0.466 e. The molecule has 1 fully saturated rings. The van der Waals surface area contributed by atoms with Gasteiger partial charge in [-0.3, -0.25) is 4.79 Å². The SMILES string of the molecule is CCOC(=O)[C@@H]1CCCN(c2nccc(-n3nc(C)cc3C)n2)C1. The molecule has 0 unspecified atom stereocenters. The van der Waals surface area contributed by atoms with Crippen molar-refractivity contribution in [3.63, 3.8) is 0 Å². The molecule has 128 valence electrons. The van der Waals surface area contributed by atoms with E-state index in [1.807, 2.05) is 37.6 Å². The van der Waals surface area contributed by atoms with Crippen LogP contribution in [0.1, 0.15) is 31.2 Å². The molecule has 1 saturated heterocycles. The van der Waals surface area contributed by atoms with Crippen LogP contribution in [0.3, 0.4) is 0 Å². The maximum Gasteiger partial charge on any atom is 0.310 e. The van der Waals surface area contributed by atoms with Gasteiger partial charge in [-0.05, 0) is 39.7 Å². The van der Waals surface area contributed by atoms with Crippen molar-refractivity contribution in [1.82, 2.24) is 19.7 Å². The van der Waals surface area contributed by atoms with Gasteiger partial charge in [0.2, 0.25) is 5.95 Å². The number of anilines is 1. The monoisotopic (exact) mass is 329 g/mol. The lowest BCUT2D eigenvalue weighted by atomic mass is 9.98. The van der Waals surface area contributed by atoms with Crippen molar-refractivity contribution in [2.45, 2.75) is 33.6 Å². The molecule has 3 rings (SSSR count). The predicted molar refractivity (Wildman–Crippen MR) is 90.2 cm³/mol. The van der Waals surface area contributed by atoms with Crippen molar-refractivity contribution in [2.24, 2.45) is 5.92 Å². The number of hydrogen-bond donors (Lipinski definition) is 0. The average molecular weight is 329 g/mol. The summed E-state index contributed by atoms with van der Waals surface area (Å²) >= 11 is 0. The first kappa shape index (κ1) is 16.4. The molecular weight excluding hydrogens is 306 g/mol. The minimum atomic E-state index is -0.128. The van der Waals surface area contributed by atoms with Crippen LogP contribution in [-0.2, 0) is 9.53 Å². The zero-order valence-corrected chi connectivity index (χ0v) is 14.4. The highest BCUT2D eigenvalue weighted by Crippen LogP contribution is 2.22. The summed E-state index contributed by atoms with van der Waals surface area (Å²) in [6.45, 7) is 7.65. The van der Waals surface area contributed by atoms with Gasteiger partial charge in [-0.15, -0.1) is 0 Å². The van der Waals surface area contributed by atoms with Crippen LogP contribution in [-0.4, -0.2) is 45.4 Å². The first-order chi connectivity index (χ1) is 11.6. The predicted octanol–water partition coefficient (Wildman–Crippen LogP) is 2.06. The second kappa shape index (κ2) is 6.98. The van der Waals surface area contributed by atoms with Crippen molar-refractivity contribution < 1.29 is 9.53 Å². The summed E-state index contributed by atoms with van der Waals surface area (Å²) in [4.78, 5) is 23.1. The van der Waals surface area contributed by atoms with E-state index in [2.05, 4.69) is 20.0 Å². The molecule has 0 N–H and O–H groups in total. The molecule has 0 aliphatic carbocycles. The lowest BCUT2D eigenvalue weighted by Gasteiger charge is -2.31. The number of hydrogen-bond acceptors (Lipinski definition) is 6. The number of carbonyl (C=O) groups excluding carboxylic acids is 1. The van der Waals surface area contributed by atoms with E-state index in [0.717, 1.165) is 36.6 Å². The third-order valence-corrected chi connectivity index (χ3v) is 4.18. The molecular formula is C17H23N5O2. The van der Waals surface area contributed by atoms with E-state index in [1.54, 1.807) is 6.20 Å². The second-order valence-corrected chi connectivity index (χ2v) is 6.09. The van der Waals surface area contributed by atoms with Crippen LogP contribution in [0.2, 0.25) is 0 Å². The summed E-state index contributed by atoms with van der Waals surface area (Å²) in [5.74, 6) is 1.13. The average Bonchev–Trinajstić information content (AvgIpc) is 2.94. The van der Waals surface area contributed by atoms with Gasteiger partial charge >= 0.3 is 5.97 Å². The lowest BCUT2D eigenvalue weighted by Crippen LogP contribution is -2.40. The molecule has 1 aliphatic rings. The Bertz CT molecular complexity index is 728. The van der Waals surface area contributed by atoms with Gasteiger partial charge in [-0.25, -0.2) is 9.67 Å². The fourth-order valence-corrected chi connectivity index (χ4v) is 3.08.